The van der Waals surface area contributed by atoms with E-state index in [1.807, 2.05) is 4.90 Å². The van der Waals surface area contributed by atoms with Crippen LogP contribution in [-0.4, -0.2) is 43.7 Å². The molecule has 2 aliphatic heterocycles. The van der Waals surface area contributed by atoms with Gasteiger partial charge in [0.1, 0.15) is 0 Å². The van der Waals surface area contributed by atoms with E-state index >= 15 is 0 Å². The van der Waals surface area contributed by atoms with Crippen molar-refractivity contribution in [3.05, 3.63) is 0 Å². The summed E-state index contributed by atoms with van der Waals surface area (Å²) in [5.74, 6) is 1.36. The molecule has 0 aliphatic carbocycles. The second-order valence-electron chi connectivity index (χ2n) is 4.27. The van der Waals surface area contributed by atoms with E-state index in [0.29, 0.717) is 17.9 Å². The van der Waals surface area contributed by atoms with Crippen molar-refractivity contribution in [2.45, 2.75) is 19.4 Å². The summed E-state index contributed by atoms with van der Waals surface area (Å²) in [5.41, 5.74) is 0. The zero-order chi connectivity index (χ0) is 10.1. The highest BCUT2D eigenvalue weighted by Gasteiger charge is 2.44. The maximum absolute atomic E-state index is 11.6. The zero-order valence-corrected chi connectivity index (χ0v) is 8.92. The van der Waals surface area contributed by atoms with Gasteiger partial charge in [0.2, 0.25) is 0 Å². The predicted octanol–water partition coefficient (Wildman–Crippen LogP) is 0.256. The molecule has 0 aromatic carbocycles. The number of urea groups is 1. The molecule has 4 heteroatoms. The highest BCUT2D eigenvalue weighted by atomic mass is 16.2. The summed E-state index contributed by atoms with van der Waals surface area (Å²) in [5, 5.41) is 6.13. The smallest absolute Gasteiger partial charge is 0.317 e. The minimum Gasteiger partial charge on any atom is -0.341 e. The van der Waals surface area contributed by atoms with Gasteiger partial charge in [0.25, 0.3) is 0 Å². The van der Waals surface area contributed by atoms with Gasteiger partial charge in [-0.25, -0.2) is 4.79 Å². The highest BCUT2D eigenvalue weighted by molar-refractivity contribution is 5.74. The number of rotatable bonds is 1. The molecule has 0 aromatic heterocycles. The second-order valence-corrected chi connectivity index (χ2v) is 4.27. The molecule has 0 spiro atoms. The third-order valence-corrected chi connectivity index (χ3v) is 3.61. The molecule has 0 bridgehead atoms. The van der Waals surface area contributed by atoms with Crippen molar-refractivity contribution < 1.29 is 4.79 Å². The molecule has 2 saturated heterocycles. The van der Waals surface area contributed by atoms with E-state index in [4.69, 9.17) is 0 Å². The lowest BCUT2D eigenvalue weighted by molar-refractivity contribution is 0.185. The summed E-state index contributed by atoms with van der Waals surface area (Å²) in [6, 6.07) is 0.529. The van der Waals surface area contributed by atoms with Crippen LogP contribution in [0.15, 0.2) is 0 Å². The zero-order valence-electron chi connectivity index (χ0n) is 8.92. The van der Waals surface area contributed by atoms with Crippen LogP contribution in [0.1, 0.15) is 13.3 Å². The van der Waals surface area contributed by atoms with Crippen LogP contribution in [0.25, 0.3) is 0 Å². The van der Waals surface area contributed by atoms with Crippen molar-refractivity contribution in [1.29, 1.82) is 0 Å². The number of carbonyl (C=O) groups is 1. The fraction of sp³-hybridized carbons (Fsp3) is 0.900. The Morgan fingerprint density at radius 1 is 1.57 bits per heavy atom. The van der Waals surface area contributed by atoms with E-state index in [1.54, 1.807) is 7.05 Å². The molecule has 2 rings (SSSR count). The topological polar surface area (TPSA) is 44.4 Å². The summed E-state index contributed by atoms with van der Waals surface area (Å²) in [6.45, 7) is 5.25. The van der Waals surface area contributed by atoms with Gasteiger partial charge in [0.15, 0.2) is 0 Å². The minimum absolute atomic E-state index is 0.0891. The van der Waals surface area contributed by atoms with Gasteiger partial charge in [0.05, 0.1) is 0 Å². The standard InChI is InChI=1S/C10H19N3O/c1-3-9-8-5-12-4-7(8)6-13(9)10(14)11-2/h7-9,12H,3-6H2,1-2H3,(H,11,14). The number of carbonyl (C=O) groups excluding carboxylic acids is 1. The summed E-state index contributed by atoms with van der Waals surface area (Å²) < 4.78 is 0. The lowest BCUT2D eigenvalue weighted by atomic mass is 9.93. The van der Waals surface area contributed by atoms with Gasteiger partial charge < -0.3 is 15.5 Å². The molecule has 0 aromatic rings. The number of amides is 2. The van der Waals surface area contributed by atoms with Gasteiger partial charge in [-0.2, -0.15) is 0 Å². The maximum Gasteiger partial charge on any atom is 0.317 e. The molecule has 4 nitrogen and oxygen atoms in total. The van der Waals surface area contributed by atoms with Gasteiger partial charge in [-0.3, -0.25) is 0 Å². The van der Waals surface area contributed by atoms with Gasteiger partial charge in [-0.1, -0.05) is 6.92 Å². The Balaban J connectivity index is 2.09. The van der Waals surface area contributed by atoms with Crippen LogP contribution < -0.4 is 10.6 Å². The van der Waals surface area contributed by atoms with Crippen LogP contribution in [-0.2, 0) is 0 Å². The molecule has 2 amide bonds. The largest absolute Gasteiger partial charge is 0.341 e. The lowest BCUT2D eigenvalue weighted by Crippen LogP contribution is -2.44. The van der Waals surface area contributed by atoms with Crippen LogP contribution in [0.4, 0.5) is 4.79 Å². The molecular formula is C10H19N3O. The summed E-state index contributed by atoms with van der Waals surface area (Å²) >= 11 is 0. The maximum atomic E-state index is 11.6. The third kappa shape index (κ3) is 1.38. The first-order chi connectivity index (χ1) is 6.77. The van der Waals surface area contributed by atoms with E-state index in [1.165, 1.54) is 0 Å². The Morgan fingerprint density at radius 2 is 2.36 bits per heavy atom. The Bertz CT molecular complexity index is 231. The molecule has 2 aliphatic rings. The number of nitrogens with one attached hydrogen (secondary N) is 2. The first kappa shape index (κ1) is 9.77. The lowest BCUT2D eigenvalue weighted by Gasteiger charge is -2.26. The highest BCUT2D eigenvalue weighted by Crippen LogP contribution is 2.33. The van der Waals surface area contributed by atoms with Gasteiger partial charge in [0, 0.05) is 32.7 Å². The first-order valence-electron chi connectivity index (χ1n) is 5.47. The quantitative estimate of drug-likeness (QED) is 0.633. The summed E-state index contributed by atoms with van der Waals surface area (Å²) in [4.78, 5) is 13.6. The molecule has 2 fully saturated rings. The second kappa shape index (κ2) is 3.77. The first-order valence-corrected chi connectivity index (χ1v) is 5.47. The molecule has 2 N–H and O–H groups in total. The average molecular weight is 197 g/mol. The average Bonchev–Trinajstić information content (AvgIpc) is 2.74. The Morgan fingerprint density at radius 3 is 3.00 bits per heavy atom. The number of fused-ring (bicyclic) bond motifs is 1. The van der Waals surface area contributed by atoms with E-state index in [-0.39, 0.29) is 6.03 Å². The Labute approximate surface area is 85.0 Å². The Kier molecular flexibility index (Phi) is 2.63. The van der Waals surface area contributed by atoms with Crippen molar-refractivity contribution in [3.63, 3.8) is 0 Å². The Hall–Kier alpha value is -0.770. The van der Waals surface area contributed by atoms with Crippen LogP contribution in [0.3, 0.4) is 0 Å². The molecule has 3 atom stereocenters. The van der Waals surface area contributed by atoms with Gasteiger partial charge in [-0.15, -0.1) is 0 Å². The molecule has 3 unspecified atom stereocenters. The van der Waals surface area contributed by atoms with Gasteiger partial charge >= 0.3 is 6.03 Å². The monoisotopic (exact) mass is 197 g/mol. The van der Waals surface area contributed by atoms with Crippen LogP contribution in [0.5, 0.6) is 0 Å². The fourth-order valence-corrected chi connectivity index (χ4v) is 2.92. The summed E-state index contributed by atoms with van der Waals surface area (Å²) in [7, 11) is 1.71. The number of hydrogen-bond acceptors (Lipinski definition) is 2. The fourth-order valence-electron chi connectivity index (χ4n) is 2.92. The van der Waals surface area contributed by atoms with Crippen molar-refractivity contribution in [3.8, 4) is 0 Å². The normalized spacial score (nSPS) is 35.9. The van der Waals surface area contributed by atoms with Gasteiger partial charge in [-0.05, 0) is 18.3 Å². The van der Waals surface area contributed by atoms with Crippen LogP contribution in [0, 0.1) is 11.8 Å². The van der Waals surface area contributed by atoms with E-state index < -0.39 is 0 Å². The van der Waals surface area contributed by atoms with Crippen molar-refractivity contribution in [2.24, 2.45) is 11.8 Å². The molecule has 14 heavy (non-hydrogen) atoms. The number of hydrogen-bond donors (Lipinski definition) is 2. The van der Waals surface area contributed by atoms with Crippen LogP contribution in [0.2, 0.25) is 0 Å². The predicted molar refractivity (Wildman–Crippen MR) is 55.1 cm³/mol. The molecule has 0 radical (unpaired) electrons. The minimum atomic E-state index is 0.0891. The number of nitrogens with zero attached hydrogens (tertiary/aromatic N) is 1. The molecule has 0 saturated carbocycles. The molecular weight excluding hydrogens is 178 g/mol. The van der Waals surface area contributed by atoms with Crippen molar-refractivity contribution >= 4 is 6.03 Å². The molecule has 80 valence electrons. The summed E-state index contributed by atoms with van der Waals surface area (Å²) in [6.07, 6.45) is 1.07. The number of likely N-dealkylation sites (tertiary alicyclic amines) is 1. The van der Waals surface area contributed by atoms with Crippen LogP contribution >= 0.6 is 0 Å². The van der Waals surface area contributed by atoms with E-state index in [2.05, 4.69) is 17.6 Å². The van der Waals surface area contributed by atoms with E-state index in [9.17, 15) is 4.79 Å². The molecule has 2 heterocycles. The van der Waals surface area contributed by atoms with E-state index in [0.717, 1.165) is 26.1 Å². The third-order valence-electron chi connectivity index (χ3n) is 3.61. The SMILES string of the molecule is CCC1C2CNCC2CN1C(=O)NC. The van der Waals surface area contributed by atoms with Crippen molar-refractivity contribution in [2.75, 3.05) is 26.7 Å². The van der Waals surface area contributed by atoms with Crippen molar-refractivity contribution in [1.82, 2.24) is 15.5 Å².